The largest absolute Gasteiger partial charge is 0.543 e. The number of carboxylic acids is 1. The van der Waals surface area contributed by atoms with Crippen molar-refractivity contribution in [3.63, 3.8) is 0 Å². The molecule has 0 saturated heterocycles. The van der Waals surface area contributed by atoms with Gasteiger partial charge in [0.2, 0.25) is 0 Å². The van der Waals surface area contributed by atoms with Crippen LogP contribution in [0.5, 0.6) is 0 Å². The van der Waals surface area contributed by atoms with Crippen LogP contribution in [0.3, 0.4) is 0 Å². The molecule has 2 aromatic rings. The van der Waals surface area contributed by atoms with E-state index in [1.165, 1.54) is 17.1 Å². The lowest BCUT2D eigenvalue weighted by Crippen LogP contribution is -2.22. The van der Waals surface area contributed by atoms with E-state index in [0.717, 1.165) is 0 Å². The third-order valence-corrected chi connectivity index (χ3v) is 1.71. The van der Waals surface area contributed by atoms with E-state index in [4.69, 9.17) is 0 Å². The monoisotopic (exact) mass is 188 g/mol. The van der Waals surface area contributed by atoms with Crippen molar-refractivity contribution in [2.45, 2.75) is 0 Å². The number of rotatable bonds is 2. The molecule has 0 atom stereocenters. The second-order valence-electron chi connectivity index (χ2n) is 2.64. The molecule has 70 valence electrons. The van der Waals surface area contributed by atoms with Crippen molar-refractivity contribution in [2.24, 2.45) is 0 Å². The molecule has 2 aromatic heterocycles. The van der Waals surface area contributed by atoms with Crippen molar-refractivity contribution in [1.29, 1.82) is 0 Å². The smallest absolute Gasteiger partial charge is 0.137 e. The van der Waals surface area contributed by atoms with Crippen LogP contribution in [-0.4, -0.2) is 20.5 Å². The Morgan fingerprint density at radius 1 is 1.36 bits per heavy atom. The first-order chi connectivity index (χ1) is 6.77. The number of aromatic carboxylic acids is 1. The van der Waals surface area contributed by atoms with Gasteiger partial charge in [-0.3, -0.25) is 4.57 Å². The van der Waals surface area contributed by atoms with Crippen molar-refractivity contribution in [2.75, 3.05) is 0 Å². The van der Waals surface area contributed by atoms with Crippen LogP contribution in [0, 0.1) is 0 Å². The highest BCUT2D eigenvalue weighted by Gasteiger charge is 2.00. The highest BCUT2D eigenvalue weighted by atomic mass is 16.4. The molecule has 0 spiro atoms. The fourth-order valence-electron chi connectivity index (χ4n) is 1.06. The van der Waals surface area contributed by atoms with Gasteiger partial charge in [-0.2, -0.15) is 0 Å². The normalized spacial score (nSPS) is 10.0. The van der Waals surface area contributed by atoms with E-state index in [1.54, 1.807) is 24.4 Å². The Hall–Kier alpha value is -2.17. The van der Waals surface area contributed by atoms with Crippen molar-refractivity contribution in [3.05, 3.63) is 42.6 Å². The molecule has 0 aliphatic carbocycles. The van der Waals surface area contributed by atoms with Crippen LogP contribution in [0.25, 0.3) is 5.82 Å². The number of imidazole rings is 1. The summed E-state index contributed by atoms with van der Waals surface area (Å²) in [4.78, 5) is 18.1. The van der Waals surface area contributed by atoms with Crippen molar-refractivity contribution >= 4 is 5.97 Å². The first kappa shape index (κ1) is 8.43. The van der Waals surface area contributed by atoms with Crippen molar-refractivity contribution in [1.82, 2.24) is 14.5 Å². The molecule has 0 radical (unpaired) electrons. The molecule has 0 unspecified atom stereocenters. The highest BCUT2D eigenvalue weighted by molar-refractivity contribution is 5.83. The average molecular weight is 188 g/mol. The molecular formula is C9H6N3O2-. The van der Waals surface area contributed by atoms with Crippen molar-refractivity contribution in [3.8, 4) is 5.82 Å². The van der Waals surface area contributed by atoms with E-state index >= 15 is 0 Å². The summed E-state index contributed by atoms with van der Waals surface area (Å²) >= 11 is 0. The number of hydrogen-bond acceptors (Lipinski definition) is 4. The molecule has 0 bridgehead atoms. The van der Waals surface area contributed by atoms with Gasteiger partial charge in [0, 0.05) is 12.4 Å². The number of aromatic nitrogens is 3. The minimum absolute atomic E-state index is 0.101. The van der Waals surface area contributed by atoms with E-state index in [0.29, 0.717) is 5.82 Å². The number of carbonyl (C=O) groups is 1. The Labute approximate surface area is 79.7 Å². The van der Waals surface area contributed by atoms with Crippen molar-refractivity contribution < 1.29 is 9.90 Å². The van der Waals surface area contributed by atoms with E-state index in [9.17, 15) is 9.90 Å². The van der Waals surface area contributed by atoms with Crippen LogP contribution in [0.15, 0.2) is 36.9 Å². The summed E-state index contributed by atoms with van der Waals surface area (Å²) in [5.74, 6) is -0.674. The molecule has 5 nitrogen and oxygen atoms in total. The summed E-state index contributed by atoms with van der Waals surface area (Å²) in [5.41, 5.74) is -0.101. The lowest BCUT2D eigenvalue weighted by atomic mass is 10.4. The summed E-state index contributed by atoms with van der Waals surface area (Å²) in [6.45, 7) is 0. The summed E-state index contributed by atoms with van der Waals surface area (Å²) < 4.78 is 1.52. The van der Waals surface area contributed by atoms with Crippen LogP contribution in [0.2, 0.25) is 0 Å². The lowest BCUT2D eigenvalue weighted by Gasteiger charge is -1.98. The first-order valence-electron chi connectivity index (χ1n) is 3.94. The molecule has 0 fully saturated rings. The molecule has 0 amide bonds. The minimum Gasteiger partial charge on any atom is -0.543 e. The minimum atomic E-state index is -1.29. The summed E-state index contributed by atoms with van der Waals surface area (Å²) in [7, 11) is 0. The van der Waals surface area contributed by atoms with Crippen LogP contribution < -0.4 is 5.11 Å². The van der Waals surface area contributed by atoms with Gasteiger partial charge in [0.15, 0.2) is 0 Å². The van der Waals surface area contributed by atoms with Gasteiger partial charge in [0.05, 0.1) is 5.97 Å². The Kier molecular flexibility index (Phi) is 1.98. The molecular weight excluding hydrogens is 182 g/mol. The average Bonchev–Trinajstić information content (AvgIpc) is 2.68. The number of hydrogen-bond donors (Lipinski definition) is 0. The molecule has 0 aliphatic heterocycles. The molecule has 0 aromatic carbocycles. The first-order valence-corrected chi connectivity index (χ1v) is 3.94. The number of nitrogens with zero attached hydrogens (tertiary/aromatic N) is 3. The van der Waals surface area contributed by atoms with E-state index in [2.05, 4.69) is 9.97 Å². The number of carbonyl (C=O) groups excluding carboxylic acids is 1. The molecule has 0 N–H and O–H groups in total. The molecule has 2 rings (SSSR count). The predicted molar refractivity (Wildman–Crippen MR) is 45.7 cm³/mol. The second kappa shape index (κ2) is 3.29. The van der Waals surface area contributed by atoms with Crippen LogP contribution in [-0.2, 0) is 0 Å². The second-order valence-corrected chi connectivity index (χ2v) is 2.64. The molecule has 14 heavy (non-hydrogen) atoms. The molecule has 2 heterocycles. The van der Waals surface area contributed by atoms with Gasteiger partial charge in [0.1, 0.15) is 17.8 Å². The van der Waals surface area contributed by atoms with Crippen LogP contribution in [0.4, 0.5) is 0 Å². The quantitative estimate of drug-likeness (QED) is 0.644. The predicted octanol–water partition coefficient (Wildman–Crippen LogP) is -0.369. The van der Waals surface area contributed by atoms with Gasteiger partial charge in [0.25, 0.3) is 0 Å². The van der Waals surface area contributed by atoms with Gasteiger partial charge >= 0.3 is 0 Å². The Morgan fingerprint density at radius 3 is 2.79 bits per heavy atom. The summed E-state index contributed by atoms with van der Waals surface area (Å²) in [5, 5.41) is 10.4. The topological polar surface area (TPSA) is 70.8 Å². The third-order valence-electron chi connectivity index (χ3n) is 1.71. The van der Waals surface area contributed by atoms with Gasteiger partial charge in [-0.15, -0.1) is 0 Å². The van der Waals surface area contributed by atoms with Gasteiger partial charge in [-0.1, -0.05) is 6.07 Å². The maximum absolute atomic E-state index is 10.4. The highest BCUT2D eigenvalue weighted by Crippen LogP contribution is 2.03. The molecule has 0 saturated carbocycles. The van der Waals surface area contributed by atoms with E-state index < -0.39 is 5.97 Å². The van der Waals surface area contributed by atoms with Gasteiger partial charge < -0.3 is 9.90 Å². The maximum Gasteiger partial charge on any atom is 0.137 e. The van der Waals surface area contributed by atoms with Gasteiger partial charge in [-0.25, -0.2) is 9.97 Å². The zero-order valence-electron chi connectivity index (χ0n) is 7.12. The summed E-state index contributed by atoms with van der Waals surface area (Å²) in [6.07, 6.45) is 4.36. The maximum atomic E-state index is 10.4. The SMILES string of the molecule is O=C([O-])c1cn(-c2ccccn2)cn1. The van der Waals surface area contributed by atoms with Gasteiger partial charge in [-0.05, 0) is 12.1 Å². The molecule has 5 heteroatoms. The third kappa shape index (κ3) is 1.47. The fraction of sp³-hybridized carbons (Fsp3) is 0. The Balaban J connectivity index is 2.39. The fourth-order valence-corrected chi connectivity index (χ4v) is 1.06. The Morgan fingerprint density at radius 2 is 2.21 bits per heavy atom. The number of carboxylic acid groups (broad SMARTS) is 1. The zero-order valence-corrected chi connectivity index (χ0v) is 7.12. The van der Waals surface area contributed by atoms with E-state index in [1.807, 2.05) is 0 Å². The number of pyridine rings is 1. The Bertz CT molecular complexity index is 450. The summed E-state index contributed by atoms with van der Waals surface area (Å²) in [6, 6.07) is 5.34. The van der Waals surface area contributed by atoms with Crippen LogP contribution >= 0.6 is 0 Å². The molecule has 0 aliphatic rings. The van der Waals surface area contributed by atoms with Crippen LogP contribution in [0.1, 0.15) is 10.5 Å². The zero-order chi connectivity index (χ0) is 9.97. The standard InChI is InChI=1S/C9H7N3O2/c13-9(14)7-5-12(6-11-7)8-3-1-2-4-10-8/h1-6H,(H,13,14)/p-1. The lowest BCUT2D eigenvalue weighted by molar-refractivity contribution is -0.255. The van der Waals surface area contributed by atoms with E-state index in [-0.39, 0.29) is 5.69 Å².